The first-order valence-electron chi connectivity index (χ1n) is 4.42. The molecule has 0 aliphatic heterocycles. The van der Waals surface area contributed by atoms with Crippen molar-refractivity contribution in [3.05, 3.63) is 23.8 Å². The lowest BCUT2D eigenvalue weighted by atomic mass is 10.3. The smallest absolute Gasteiger partial charge is 0.341 e. The zero-order chi connectivity index (χ0) is 11.1. The molecule has 2 aromatic rings. The van der Waals surface area contributed by atoms with Gasteiger partial charge in [0.05, 0.1) is 17.2 Å². The van der Waals surface area contributed by atoms with Crippen molar-refractivity contribution >= 4 is 11.0 Å². The number of aromatic nitrogens is 3. The van der Waals surface area contributed by atoms with Crippen LogP contribution in [0.1, 0.15) is 18.4 Å². The molecule has 80 valence electrons. The average molecular weight is 215 g/mol. The number of imidazole rings is 1. The minimum absolute atomic E-state index is 0.300. The van der Waals surface area contributed by atoms with Crippen molar-refractivity contribution in [1.82, 2.24) is 15.0 Å². The lowest BCUT2D eigenvalue weighted by molar-refractivity contribution is -0.141. The first-order chi connectivity index (χ1) is 7.00. The van der Waals surface area contributed by atoms with Gasteiger partial charge in [0.25, 0.3) is 0 Å². The zero-order valence-electron chi connectivity index (χ0n) is 7.89. The van der Waals surface area contributed by atoms with E-state index in [2.05, 4.69) is 15.0 Å². The van der Waals surface area contributed by atoms with Crippen molar-refractivity contribution in [2.24, 2.45) is 0 Å². The van der Waals surface area contributed by atoms with E-state index < -0.39 is 11.9 Å². The third kappa shape index (κ3) is 1.79. The summed E-state index contributed by atoms with van der Waals surface area (Å²) in [5, 5.41) is 0. The number of aryl methyl sites for hydroxylation is 1. The number of fused-ring (bicyclic) bond motifs is 1. The predicted molar refractivity (Wildman–Crippen MR) is 48.3 cm³/mol. The number of pyridine rings is 1. The molecule has 0 radical (unpaired) electrons. The maximum atomic E-state index is 12.3. The fraction of sp³-hybridized carbons (Fsp3) is 0.333. The number of hydrogen-bond donors (Lipinski definition) is 1. The molecule has 2 heterocycles. The van der Waals surface area contributed by atoms with Gasteiger partial charge in [-0.3, -0.25) is 0 Å². The van der Waals surface area contributed by atoms with Crippen molar-refractivity contribution in [3.63, 3.8) is 0 Å². The molecule has 0 spiro atoms. The second-order valence-corrected chi connectivity index (χ2v) is 3.12. The van der Waals surface area contributed by atoms with Gasteiger partial charge in [-0.05, 0) is 6.07 Å². The second kappa shape index (κ2) is 3.22. The van der Waals surface area contributed by atoms with Crippen molar-refractivity contribution in [1.29, 1.82) is 0 Å². The van der Waals surface area contributed by atoms with Crippen LogP contribution in [0.25, 0.3) is 11.0 Å². The van der Waals surface area contributed by atoms with Gasteiger partial charge in [0.1, 0.15) is 11.5 Å². The molecule has 2 aromatic heterocycles. The Hall–Kier alpha value is -1.59. The van der Waals surface area contributed by atoms with Crippen LogP contribution >= 0.6 is 0 Å². The Kier molecular flexibility index (Phi) is 2.13. The number of hydrogen-bond acceptors (Lipinski definition) is 2. The molecular weight excluding hydrogens is 207 g/mol. The van der Waals surface area contributed by atoms with Gasteiger partial charge in [0.2, 0.25) is 0 Å². The summed E-state index contributed by atoms with van der Waals surface area (Å²) in [4.78, 5) is 10.2. The molecule has 0 amide bonds. The third-order valence-corrected chi connectivity index (χ3v) is 2.04. The molecular formula is C9H8F3N3. The number of rotatable bonds is 1. The Bertz CT molecular complexity index is 487. The number of nitrogens with one attached hydrogen (secondary N) is 1. The lowest BCUT2D eigenvalue weighted by Gasteiger charge is -2.03. The van der Waals surface area contributed by atoms with E-state index in [-0.39, 0.29) is 0 Å². The Morgan fingerprint density at radius 2 is 2.13 bits per heavy atom. The van der Waals surface area contributed by atoms with Crippen LogP contribution in [0.5, 0.6) is 0 Å². The van der Waals surface area contributed by atoms with E-state index in [4.69, 9.17) is 0 Å². The van der Waals surface area contributed by atoms with Gasteiger partial charge in [0, 0.05) is 6.42 Å². The number of halogens is 3. The summed E-state index contributed by atoms with van der Waals surface area (Å²) in [7, 11) is 0. The normalized spacial score (nSPS) is 12.3. The van der Waals surface area contributed by atoms with Crippen LogP contribution in [0.15, 0.2) is 12.3 Å². The summed E-state index contributed by atoms with van der Waals surface area (Å²) in [6, 6.07) is 0.949. The topological polar surface area (TPSA) is 41.6 Å². The van der Waals surface area contributed by atoms with Crippen LogP contribution in [0.3, 0.4) is 0 Å². The third-order valence-electron chi connectivity index (χ3n) is 2.04. The maximum Gasteiger partial charge on any atom is 0.433 e. The molecule has 3 nitrogen and oxygen atoms in total. The van der Waals surface area contributed by atoms with Crippen LogP contribution in [-0.4, -0.2) is 15.0 Å². The molecule has 0 aliphatic rings. The van der Waals surface area contributed by atoms with E-state index in [1.165, 1.54) is 0 Å². The van der Waals surface area contributed by atoms with Crippen LogP contribution < -0.4 is 0 Å². The molecule has 0 fully saturated rings. The Morgan fingerprint density at radius 3 is 2.73 bits per heavy atom. The summed E-state index contributed by atoms with van der Waals surface area (Å²) in [5.74, 6) is 0.658. The first kappa shape index (κ1) is 9.95. The molecule has 6 heteroatoms. The molecule has 15 heavy (non-hydrogen) atoms. The Balaban J connectivity index is 2.55. The first-order valence-corrected chi connectivity index (χ1v) is 4.42. The van der Waals surface area contributed by atoms with E-state index in [1.54, 1.807) is 0 Å². The molecule has 1 N–H and O–H groups in total. The van der Waals surface area contributed by atoms with Crippen LogP contribution in [0.2, 0.25) is 0 Å². The van der Waals surface area contributed by atoms with Crippen molar-refractivity contribution in [2.45, 2.75) is 19.5 Å². The van der Waals surface area contributed by atoms with Gasteiger partial charge in [-0.1, -0.05) is 6.92 Å². The number of nitrogens with zero attached hydrogens (tertiary/aromatic N) is 2. The molecule has 0 saturated carbocycles. The molecule has 0 unspecified atom stereocenters. The van der Waals surface area contributed by atoms with Crippen LogP contribution in [-0.2, 0) is 12.6 Å². The highest BCUT2D eigenvalue weighted by atomic mass is 19.4. The number of H-pyrrole nitrogens is 1. The van der Waals surface area contributed by atoms with Gasteiger partial charge in [-0.15, -0.1) is 0 Å². The highest BCUT2D eigenvalue weighted by molar-refractivity contribution is 5.74. The lowest BCUT2D eigenvalue weighted by Crippen LogP contribution is -2.07. The highest BCUT2D eigenvalue weighted by Gasteiger charge is 2.32. The summed E-state index contributed by atoms with van der Waals surface area (Å²) < 4.78 is 36.9. The highest BCUT2D eigenvalue weighted by Crippen LogP contribution is 2.28. The zero-order valence-corrected chi connectivity index (χ0v) is 7.89. The minimum Gasteiger partial charge on any atom is -0.341 e. The molecule has 0 aromatic carbocycles. The summed E-state index contributed by atoms with van der Waals surface area (Å²) in [5.41, 5.74) is -0.0850. The fourth-order valence-corrected chi connectivity index (χ4v) is 1.28. The van der Waals surface area contributed by atoms with E-state index >= 15 is 0 Å². The maximum absolute atomic E-state index is 12.3. The largest absolute Gasteiger partial charge is 0.433 e. The molecule has 0 bridgehead atoms. The predicted octanol–water partition coefficient (Wildman–Crippen LogP) is 2.54. The monoisotopic (exact) mass is 215 g/mol. The van der Waals surface area contributed by atoms with E-state index in [9.17, 15) is 13.2 Å². The number of alkyl halides is 3. The van der Waals surface area contributed by atoms with Crippen LogP contribution in [0, 0.1) is 0 Å². The van der Waals surface area contributed by atoms with E-state index in [1.807, 2.05) is 6.92 Å². The summed E-state index contributed by atoms with van der Waals surface area (Å²) >= 11 is 0. The van der Waals surface area contributed by atoms with Gasteiger partial charge < -0.3 is 4.98 Å². The van der Waals surface area contributed by atoms with Gasteiger partial charge in [-0.25, -0.2) is 9.97 Å². The fourth-order valence-electron chi connectivity index (χ4n) is 1.28. The van der Waals surface area contributed by atoms with Gasteiger partial charge in [-0.2, -0.15) is 13.2 Å². The SMILES string of the molecule is CCc1nc2cc(C(F)(F)F)ncc2[nH]1. The number of aromatic amines is 1. The molecule has 2 rings (SSSR count). The molecule has 0 saturated heterocycles. The standard InChI is InChI=1S/C9H8F3N3/c1-2-8-14-5-3-7(9(10,11)12)13-4-6(5)15-8/h3-4H,2H2,1H3,(H,14,15). The van der Waals surface area contributed by atoms with Crippen LogP contribution in [0.4, 0.5) is 13.2 Å². The minimum atomic E-state index is -4.42. The van der Waals surface area contributed by atoms with Crippen molar-refractivity contribution in [2.75, 3.05) is 0 Å². The van der Waals surface area contributed by atoms with E-state index in [0.29, 0.717) is 23.3 Å². The summed E-state index contributed by atoms with van der Waals surface area (Å²) in [6.45, 7) is 1.87. The second-order valence-electron chi connectivity index (χ2n) is 3.12. The Morgan fingerprint density at radius 1 is 1.40 bits per heavy atom. The average Bonchev–Trinajstić information content (AvgIpc) is 2.57. The molecule has 0 atom stereocenters. The summed E-state index contributed by atoms with van der Waals surface area (Å²) in [6.07, 6.45) is -2.61. The molecule has 0 aliphatic carbocycles. The van der Waals surface area contributed by atoms with E-state index in [0.717, 1.165) is 12.3 Å². The van der Waals surface area contributed by atoms with Crippen molar-refractivity contribution < 1.29 is 13.2 Å². The van der Waals surface area contributed by atoms with Crippen molar-refractivity contribution in [3.8, 4) is 0 Å². The van der Waals surface area contributed by atoms with Gasteiger partial charge in [0.15, 0.2) is 0 Å². The quantitative estimate of drug-likeness (QED) is 0.794. The van der Waals surface area contributed by atoms with Gasteiger partial charge >= 0.3 is 6.18 Å². The Labute approximate surface area is 83.4 Å².